The van der Waals surface area contributed by atoms with E-state index in [1.54, 1.807) is 10.7 Å². The third-order valence-electron chi connectivity index (χ3n) is 2.55. The van der Waals surface area contributed by atoms with E-state index in [0.717, 1.165) is 16.9 Å². The molecule has 0 saturated heterocycles. The van der Waals surface area contributed by atoms with Gasteiger partial charge in [0, 0.05) is 6.07 Å². The summed E-state index contributed by atoms with van der Waals surface area (Å²) in [7, 11) is 0. The highest BCUT2D eigenvalue weighted by Gasteiger charge is 2.10. The lowest BCUT2D eigenvalue weighted by molar-refractivity contribution is 0.433. The fourth-order valence-electron chi connectivity index (χ4n) is 1.62. The van der Waals surface area contributed by atoms with E-state index >= 15 is 0 Å². The molecule has 0 atom stereocenters. The third-order valence-corrected chi connectivity index (χ3v) is 2.55. The van der Waals surface area contributed by atoms with Crippen LogP contribution in [0, 0.1) is 6.92 Å². The molecule has 1 aromatic carbocycles. The first-order chi connectivity index (χ1) is 7.58. The fraction of sp³-hybridized carbons (Fsp3) is 0.308. The SMILES string of the molecule is Cc1cccc(-n2nc(C(C)C)cc2O)c1. The highest BCUT2D eigenvalue weighted by Crippen LogP contribution is 2.22. The second-order valence-corrected chi connectivity index (χ2v) is 4.33. The molecule has 2 rings (SSSR count). The van der Waals surface area contributed by atoms with E-state index in [0.29, 0.717) is 5.92 Å². The van der Waals surface area contributed by atoms with Crippen molar-refractivity contribution in [1.29, 1.82) is 0 Å². The molecular formula is C13H16N2O. The Bertz CT molecular complexity index is 500. The average molecular weight is 216 g/mol. The van der Waals surface area contributed by atoms with Crippen LogP contribution in [0.4, 0.5) is 0 Å². The highest BCUT2D eigenvalue weighted by molar-refractivity contribution is 5.38. The molecule has 84 valence electrons. The van der Waals surface area contributed by atoms with Crippen LogP contribution in [0.25, 0.3) is 5.69 Å². The van der Waals surface area contributed by atoms with Crippen molar-refractivity contribution in [3.8, 4) is 11.6 Å². The Balaban J connectivity index is 2.48. The topological polar surface area (TPSA) is 38.0 Å². The zero-order valence-electron chi connectivity index (χ0n) is 9.81. The Kier molecular flexibility index (Phi) is 2.69. The van der Waals surface area contributed by atoms with Crippen LogP contribution < -0.4 is 0 Å². The average Bonchev–Trinajstić information content (AvgIpc) is 2.60. The van der Waals surface area contributed by atoms with E-state index in [1.807, 2.05) is 31.2 Å². The van der Waals surface area contributed by atoms with Crippen molar-refractivity contribution in [3.63, 3.8) is 0 Å². The molecule has 0 aliphatic carbocycles. The van der Waals surface area contributed by atoms with Crippen molar-refractivity contribution in [2.45, 2.75) is 26.7 Å². The maximum absolute atomic E-state index is 9.83. The zero-order valence-corrected chi connectivity index (χ0v) is 9.81. The Morgan fingerprint density at radius 1 is 1.25 bits per heavy atom. The lowest BCUT2D eigenvalue weighted by Crippen LogP contribution is -1.98. The molecule has 0 fully saturated rings. The number of nitrogens with zero attached hydrogens (tertiary/aromatic N) is 2. The molecule has 2 aromatic rings. The van der Waals surface area contributed by atoms with Crippen molar-refractivity contribution in [3.05, 3.63) is 41.6 Å². The van der Waals surface area contributed by atoms with Crippen LogP contribution in [0.1, 0.15) is 31.0 Å². The van der Waals surface area contributed by atoms with Gasteiger partial charge in [0.15, 0.2) is 0 Å². The maximum atomic E-state index is 9.83. The van der Waals surface area contributed by atoms with Crippen molar-refractivity contribution < 1.29 is 5.11 Å². The number of hydrogen-bond acceptors (Lipinski definition) is 2. The normalized spacial score (nSPS) is 11.0. The molecule has 0 spiro atoms. The molecule has 0 aliphatic rings. The summed E-state index contributed by atoms with van der Waals surface area (Å²) in [4.78, 5) is 0. The molecule has 0 aliphatic heterocycles. The summed E-state index contributed by atoms with van der Waals surface area (Å²) in [6, 6.07) is 9.63. The van der Waals surface area contributed by atoms with Crippen molar-refractivity contribution >= 4 is 0 Å². The van der Waals surface area contributed by atoms with Crippen LogP contribution in [0.5, 0.6) is 5.88 Å². The van der Waals surface area contributed by atoms with Gasteiger partial charge in [0.05, 0.1) is 11.4 Å². The fourth-order valence-corrected chi connectivity index (χ4v) is 1.62. The van der Waals surface area contributed by atoms with E-state index in [1.165, 1.54) is 0 Å². The van der Waals surface area contributed by atoms with Gasteiger partial charge >= 0.3 is 0 Å². The Hall–Kier alpha value is -1.77. The maximum Gasteiger partial charge on any atom is 0.214 e. The van der Waals surface area contributed by atoms with Gasteiger partial charge in [-0.1, -0.05) is 26.0 Å². The number of aromatic nitrogens is 2. The predicted octanol–water partition coefficient (Wildman–Crippen LogP) is 3.01. The molecule has 0 bridgehead atoms. The summed E-state index contributed by atoms with van der Waals surface area (Å²) >= 11 is 0. The zero-order chi connectivity index (χ0) is 11.7. The van der Waals surface area contributed by atoms with Crippen molar-refractivity contribution in [2.24, 2.45) is 0 Å². The van der Waals surface area contributed by atoms with E-state index in [-0.39, 0.29) is 5.88 Å². The lowest BCUT2D eigenvalue weighted by atomic mass is 10.1. The van der Waals surface area contributed by atoms with Gasteiger partial charge in [0.25, 0.3) is 0 Å². The highest BCUT2D eigenvalue weighted by atomic mass is 16.3. The quantitative estimate of drug-likeness (QED) is 0.838. The second-order valence-electron chi connectivity index (χ2n) is 4.33. The largest absolute Gasteiger partial charge is 0.493 e. The van der Waals surface area contributed by atoms with Crippen LogP contribution >= 0.6 is 0 Å². The lowest BCUT2D eigenvalue weighted by Gasteiger charge is -2.04. The summed E-state index contributed by atoms with van der Waals surface area (Å²) in [5.74, 6) is 0.506. The number of aryl methyl sites for hydroxylation is 1. The number of benzene rings is 1. The molecule has 1 aromatic heterocycles. The van der Waals surface area contributed by atoms with Gasteiger partial charge in [-0.3, -0.25) is 0 Å². The summed E-state index contributed by atoms with van der Waals surface area (Å²) < 4.78 is 1.57. The van der Waals surface area contributed by atoms with E-state index in [2.05, 4.69) is 18.9 Å². The summed E-state index contributed by atoms with van der Waals surface area (Å²) in [5.41, 5.74) is 2.95. The summed E-state index contributed by atoms with van der Waals surface area (Å²) in [6.45, 7) is 6.14. The van der Waals surface area contributed by atoms with Crippen LogP contribution in [-0.4, -0.2) is 14.9 Å². The van der Waals surface area contributed by atoms with Gasteiger partial charge < -0.3 is 5.11 Å². The number of rotatable bonds is 2. The monoisotopic (exact) mass is 216 g/mol. The third kappa shape index (κ3) is 1.94. The van der Waals surface area contributed by atoms with Crippen molar-refractivity contribution in [2.75, 3.05) is 0 Å². The Morgan fingerprint density at radius 2 is 2.00 bits per heavy atom. The molecule has 1 N–H and O–H groups in total. The molecule has 3 heteroatoms. The minimum Gasteiger partial charge on any atom is -0.493 e. The van der Waals surface area contributed by atoms with Crippen LogP contribution in [0.2, 0.25) is 0 Å². The minimum atomic E-state index is 0.189. The summed E-state index contributed by atoms with van der Waals surface area (Å²) in [5, 5.41) is 14.2. The Morgan fingerprint density at radius 3 is 2.56 bits per heavy atom. The van der Waals surface area contributed by atoms with Gasteiger partial charge in [-0.15, -0.1) is 0 Å². The van der Waals surface area contributed by atoms with Crippen LogP contribution in [0.3, 0.4) is 0 Å². The first-order valence-corrected chi connectivity index (χ1v) is 5.44. The molecule has 1 heterocycles. The molecule has 0 unspecified atom stereocenters. The van der Waals surface area contributed by atoms with Crippen LogP contribution in [-0.2, 0) is 0 Å². The van der Waals surface area contributed by atoms with Gasteiger partial charge in [-0.05, 0) is 30.5 Å². The van der Waals surface area contributed by atoms with Gasteiger partial charge in [-0.2, -0.15) is 5.10 Å². The molecule has 0 amide bonds. The van der Waals surface area contributed by atoms with E-state index in [4.69, 9.17) is 0 Å². The predicted molar refractivity (Wildman–Crippen MR) is 64.1 cm³/mol. The number of aromatic hydroxyl groups is 1. The molecule has 0 radical (unpaired) electrons. The standard InChI is InChI=1S/C13H16N2O/c1-9(2)12-8-13(16)15(14-12)11-6-4-5-10(3)7-11/h4-9,16H,1-3H3. The first-order valence-electron chi connectivity index (χ1n) is 5.44. The molecule has 16 heavy (non-hydrogen) atoms. The van der Waals surface area contributed by atoms with Gasteiger partial charge in [0.2, 0.25) is 5.88 Å². The second kappa shape index (κ2) is 4.00. The molecule has 3 nitrogen and oxygen atoms in total. The van der Waals surface area contributed by atoms with Gasteiger partial charge in [0.1, 0.15) is 0 Å². The van der Waals surface area contributed by atoms with E-state index < -0.39 is 0 Å². The molecular weight excluding hydrogens is 200 g/mol. The van der Waals surface area contributed by atoms with Crippen LogP contribution in [0.15, 0.2) is 30.3 Å². The number of hydrogen-bond donors (Lipinski definition) is 1. The van der Waals surface area contributed by atoms with E-state index in [9.17, 15) is 5.11 Å². The first kappa shape index (κ1) is 10.7. The smallest absolute Gasteiger partial charge is 0.214 e. The summed E-state index contributed by atoms with van der Waals surface area (Å²) in [6.07, 6.45) is 0. The Labute approximate surface area is 95.3 Å². The minimum absolute atomic E-state index is 0.189. The van der Waals surface area contributed by atoms with Crippen molar-refractivity contribution in [1.82, 2.24) is 9.78 Å². The molecule has 0 saturated carbocycles. The van der Waals surface area contributed by atoms with Gasteiger partial charge in [-0.25, -0.2) is 4.68 Å².